The van der Waals surface area contributed by atoms with E-state index in [1.54, 1.807) is 7.11 Å². The van der Waals surface area contributed by atoms with Gasteiger partial charge in [-0.05, 0) is 74.1 Å². The van der Waals surface area contributed by atoms with Gasteiger partial charge in [-0.15, -0.1) is 0 Å². The van der Waals surface area contributed by atoms with Crippen molar-refractivity contribution in [2.24, 2.45) is 17.1 Å². The second-order valence-corrected chi connectivity index (χ2v) is 13.1. The molecule has 5 rings (SSSR count). The van der Waals surface area contributed by atoms with Crippen molar-refractivity contribution in [2.45, 2.75) is 103 Å². The van der Waals surface area contributed by atoms with E-state index in [0.717, 1.165) is 73.7 Å². The zero-order valence-electron chi connectivity index (χ0n) is 25.2. The highest BCUT2D eigenvalue weighted by molar-refractivity contribution is 5.92. The van der Waals surface area contributed by atoms with Gasteiger partial charge in [0.15, 0.2) is 0 Å². The maximum Gasteiger partial charge on any atom is 0.408 e. The van der Waals surface area contributed by atoms with Crippen LogP contribution in [-0.4, -0.2) is 65.7 Å². The van der Waals surface area contributed by atoms with Crippen molar-refractivity contribution in [3.8, 4) is 11.5 Å². The van der Waals surface area contributed by atoms with Crippen molar-refractivity contribution in [2.75, 3.05) is 13.7 Å². The molecule has 0 spiro atoms. The fourth-order valence-electron chi connectivity index (χ4n) is 6.63. The number of hydrogen-bond acceptors (Lipinski definition) is 7. The molecular formula is C32H44N4O6. The number of rotatable bonds is 2. The number of carbonyl (C=O) groups excluding carboxylic acids is 3. The van der Waals surface area contributed by atoms with Crippen LogP contribution in [0.3, 0.4) is 0 Å². The summed E-state index contributed by atoms with van der Waals surface area (Å²) in [6, 6.07) is 5.97. The number of benzene rings is 1. The van der Waals surface area contributed by atoms with Crippen molar-refractivity contribution in [1.82, 2.24) is 15.2 Å². The minimum Gasteiger partial charge on any atom is -0.497 e. The van der Waals surface area contributed by atoms with Crippen LogP contribution in [0, 0.1) is 11.3 Å². The fourth-order valence-corrected chi connectivity index (χ4v) is 6.63. The van der Waals surface area contributed by atoms with E-state index in [1.165, 1.54) is 4.90 Å². The summed E-state index contributed by atoms with van der Waals surface area (Å²) >= 11 is 0. The Labute approximate surface area is 247 Å². The molecule has 3 amide bonds. The van der Waals surface area contributed by atoms with E-state index in [2.05, 4.69) is 5.32 Å². The summed E-state index contributed by atoms with van der Waals surface area (Å²) in [5, 5.41) is 3.73. The first-order valence-corrected chi connectivity index (χ1v) is 15.2. The number of nitrogens with two attached hydrogens (primary N) is 1. The molecule has 2 bridgehead atoms. The van der Waals surface area contributed by atoms with Crippen LogP contribution in [0.2, 0.25) is 0 Å². The summed E-state index contributed by atoms with van der Waals surface area (Å²) in [7, 11) is 1.63. The van der Waals surface area contributed by atoms with Crippen LogP contribution in [0.25, 0.3) is 10.9 Å². The number of carbonyl (C=O) groups is 3. The number of aryl methyl sites for hydroxylation is 1. The van der Waals surface area contributed by atoms with Crippen LogP contribution in [0.15, 0.2) is 24.3 Å². The number of fused-ring (bicyclic) bond motifs is 5. The highest BCUT2D eigenvalue weighted by Crippen LogP contribution is 2.35. The minimum atomic E-state index is -0.908. The van der Waals surface area contributed by atoms with Gasteiger partial charge in [0.25, 0.3) is 0 Å². The summed E-state index contributed by atoms with van der Waals surface area (Å²) in [5.41, 5.74) is 6.87. The number of pyridine rings is 1. The largest absolute Gasteiger partial charge is 0.497 e. The molecule has 1 saturated carbocycles. The zero-order chi connectivity index (χ0) is 30.0. The molecule has 42 heavy (non-hydrogen) atoms. The maximum atomic E-state index is 14.0. The highest BCUT2D eigenvalue weighted by Gasteiger charge is 2.45. The Kier molecular flexibility index (Phi) is 8.80. The third kappa shape index (κ3) is 6.57. The number of nitrogens with one attached hydrogen (secondary N) is 1. The Hall–Kier alpha value is -3.56. The molecule has 3 N–H and O–H groups in total. The lowest BCUT2D eigenvalue weighted by Gasteiger charge is -2.35. The standard InChI is InChI=1S/C32H44N4O6/c1-32(2,3)28-30(38)36-18-22(17-25(36)29(33)37)41-27-16-20-15-21(40-4)13-14-23(20)34-24(27)11-7-5-6-9-19-10-8-12-26(19)42-31(39)35-28/h13-16,19,22,25-26,28H,5-12,17-18H2,1-4H3,(H2,33,37)(H,35,39)/t19-,22-,25+,26?,28-/m1/s1. The molecule has 10 heteroatoms. The van der Waals surface area contributed by atoms with E-state index in [4.69, 9.17) is 24.9 Å². The predicted octanol–water partition coefficient (Wildman–Crippen LogP) is 4.50. The first-order valence-electron chi connectivity index (χ1n) is 15.2. The van der Waals surface area contributed by atoms with Gasteiger partial charge < -0.3 is 30.2 Å². The Balaban J connectivity index is 1.49. The van der Waals surface area contributed by atoms with Crippen molar-refractivity contribution in [3.05, 3.63) is 30.0 Å². The lowest BCUT2D eigenvalue weighted by atomic mass is 9.85. The van der Waals surface area contributed by atoms with Crippen LogP contribution < -0.4 is 20.5 Å². The van der Waals surface area contributed by atoms with Gasteiger partial charge in [0.05, 0.1) is 24.9 Å². The zero-order valence-corrected chi connectivity index (χ0v) is 25.2. The number of amides is 3. The van der Waals surface area contributed by atoms with Crippen LogP contribution >= 0.6 is 0 Å². The Bertz CT molecular complexity index is 1320. The number of ether oxygens (including phenoxy) is 3. The number of hydrogen-bond donors (Lipinski definition) is 2. The van der Waals surface area contributed by atoms with E-state index in [1.807, 2.05) is 45.0 Å². The minimum absolute atomic E-state index is 0.159. The summed E-state index contributed by atoms with van der Waals surface area (Å²) in [5.74, 6) is 0.695. The molecule has 2 fully saturated rings. The van der Waals surface area contributed by atoms with E-state index in [-0.39, 0.29) is 25.0 Å². The van der Waals surface area contributed by atoms with Crippen LogP contribution in [0.4, 0.5) is 4.79 Å². The first-order chi connectivity index (χ1) is 20.0. The second kappa shape index (κ2) is 12.4. The Morgan fingerprint density at radius 1 is 1.07 bits per heavy atom. The normalized spacial score (nSPS) is 27.6. The summed E-state index contributed by atoms with van der Waals surface area (Å²) in [6.45, 7) is 5.80. The van der Waals surface area contributed by atoms with E-state index < -0.39 is 35.6 Å². The SMILES string of the molecule is COc1ccc2nc3c(cc2c1)O[C@@H]1C[C@@H](C(N)=O)N(C1)C(=O)[C@H](C(C)(C)C)NC(=O)OC1CCC[C@H]1CCCCC3. The van der Waals surface area contributed by atoms with Gasteiger partial charge >= 0.3 is 6.09 Å². The van der Waals surface area contributed by atoms with Gasteiger partial charge in [-0.3, -0.25) is 9.59 Å². The van der Waals surface area contributed by atoms with Crippen LogP contribution in [-0.2, 0) is 20.7 Å². The van der Waals surface area contributed by atoms with E-state index in [9.17, 15) is 14.4 Å². The Morgan fingerprint density at radius 2 is 1.86 bits per heavy atom. The molecular weight excluding hydrogens is 536 g/mol. The van der Waals surface area contributed by atoms with Gasteiger partial charge in [0.2, 0.25) is 11.8 Å². The molecule has 1 aromatic carbocycles. The first kappa shape index (κ1) is 29.9. The average Bonchev–Trinajstić information content (AvgIpc) is 3.57. The Morgan fingerprint density at radius 3 is 2.60 bits per heavy atom. The molecule has 5 atom stereocenters. The number of nitrogens with zero attached hydrogens (tertiary/aromatic N) is 2. The molecule has 1 aliphatic carbocycles. The van der Waals surface area contributed by atoms with Crippen molar-refractivity contribution in [3.63, 3.8) is 0 Å². The summed E-state index contributed by atoms with van der Waals surface area (Å²) < 4.78 is 17.8. The maximum absolute atomic E-state index is 14.0. The van der Waals surface area contributed by atoms with E-state index in [0.29, 0.717) is 11.7 Å². The molecule has 2 aromatic rings. The number of primary amides is 1. The monoisotopic (exact) mass is 580 g/mol. The second-order valence-electron chi connectivity index (χ2n) is 13.1. The van der Waals surface area contributed by atoms with Crippen molar-refractivity contribution < 1.29 is 28.6 Å². The quantitative estimate of drug-likeness (QED) is 0.534. The van der Waals surface area contributed by atoms with Crippen LogP contribution in [0.1, 0.15) is 77.8 Å². The van der Waals surface area contributed by atoms with Crippen molar-refractivity contribution in [1.29, 1.82) is 0 Å². The molecule has 1 saturated heterocycles. The van der Waals surface area contributed by atoms with Gasteiger partial charge in [-0.1, -0.05) is 33.6 Å². The molecule has 10 nitrogen and oxygen atoms in total. The fraction of sp³-hybridized carbons (Fsp3) is 0.625. The molecule has 3 heterocycles. The highest BCUT2D eigenvalue weighted by atomic mass is 16.6. The van der Waals surface area contributed by atoms with Crippen molar-refractivity contribution >= 4 is 28.8 Å². The average molecular weight is 581 g/mol. The summed E-state index contributed by atoms with van der Waals surface area (Å²) in [6.07, 6.45) is 6.64. The molecule has 1 aromatic heterocycles. The van der Waals surface area contributed by atoms with Gasteiger partial charge in [0.1, 0.15) is 35.8 Å². The van der Waals surface area contributed by atoms with E-state index >= 15 is 0 Å². The molecule has 3 aliphatic rings. The van der Waals surface area contributed by atoms with Crippen LogP contribution in [0.5, 0.6) is 11.5 Å². The lowest BCUT2D eigenvalue weighted by molar-refractivity contribution is -0.141. The molecule has 0 radical (unpaired) electrons. The molecule has 2 aliphatic heterocycles. The number of methoxy groups -OCH3 is 1. The number of aromatic nitrogens is 1. The third-order valence-corrected chi connectivity index (χ3v) is 8.94. The topological polar surface area (TPSA) is 133 Å². The summed E-state index contributed by atoms with van der Waals surface area (Å²) in [4.78, 5) is 46.1. The predicted molar refractivity (Wildman–Crippen MR) is 158 cm³/mol. The van der Waals surface area contributed by atoms with Gasteiger partial charge in [0, 0.05) is 11.8 Å². The van der Waals surface area contributed by atoms with Gasteiger partial charge in [-0.25, -0.2) is 9.78 Å². The molecule has 1 unspecified atom stereocenters. The number of alkyl carbamates (subject to hydrolysis) is 1. The third-order valence-electron chi connectivity index (χ3n) is 8.94. The van der Waals surface area contributed by atoms with Gasteiger partial charge in [-0.2, -0.15) is 0 Å². The lowest BCUT2D eigenvalue weighted by Crippen LogP contribution is -2.57. The smallest absolute Gasteiger partial charge is 0.408 e. The molecule has 228 valence electrons.